The minimum absolute atomic E-state index is 0.0164. The zero-order valence-electron chi connectivity index (χ0n) is 11.1. The van der Waals surface area contributed by atoms with Crippen LogP contribution in [0.25, 0.3) is 0 Å². The average Bonchev–Trinajstić information content (AvgIpc) is 2.37. The summed E-state index contributed by atoms with van der Waals surface area (Å²) in [5, 5.41) is 3.62. The zero-order valence-corrected chi connectivity index (χ0v) is 11.9. The number of halogens is 2. The molecule has 2 unspecified atom stereocenters. The summed E-state index contributed by atoms with van der Waals surface area (Å²) < 4.78 is 13.7. The Bertz CT molecular complexity index is 460. The van der Waals surface area contributed by atoms with Gasteiger partial charge in [0.1, 0.15) is 5.82 Å². The molecule has 5 heteroatoms. The monoisotopic (exact) mass is 284 g/mol. The van der Waals surface area contributed by atoms with Gasteiger partial charge in [0.2, 0.25) is 5.91 Å². The quantitative estimate of drug-likeness (QED) is 0.903. The number of amides is 1. The molecule has 19 heavy (non-hydrogen) atoms. The first-order valence-corrected chi connectivity index (χ1v) is 6.84. The van der Waals surface area contributed by atoms with Gasteiger partial charge in [0, 0.05) is 35.8 Å². The SMILES string of the molecule is CC1NCCN(C(=O)Cc2c(F)cccc2Cl)C1C. The molecular weight excluding hydrogens is 267 g/mol. The normalized spacial score (nSPS) is 23.5. The van der Waals surface area contributed by atoms with Crippen LogP contribution < -0.4 is 5.32 Å². The fourth-order valence-corrected chi connectivity index (χ4v) is 2.59. The third kappa shape index (κ3) is 3.07. The second-order valence-electron chi connectivity index (χ2n) is 4.95. The van der Waals surface area contributed by atoms with Gasteiger partial charge in [-0.2, -0.15) is 0 Å². The summed E-state index contributed by atoms with van der Waals surface area (Å²) in [4.78, 5) is 14.1. The molecule has 1 amide bonds. The van der Waals surface area contributed by atoms with Crippen molar-refractivity contribution in [3.8, 4) is 0 Å². The van der Waals surface area contributed by atoms with Crippen LogP contribution in [0.2, 0.25) is 5.02 Å². The number of rotatable bonds is 2. The van der Waals surface area contributed by atoms with E-state index < -0.39 is 5.82 Å². The van der Waals surface area contributed by atoms with Gasteiger partial charge in [0.15, 0.2) is 0 Å². The molecule has 1 aromatic carbocycles. The minimum Gasteiger partial charge on any atom is -0.337 e. The summed E-state index contributed by atoms with van der Waals surface area (Å²) >= 11 is 5.95. The third-order valence-electron chi connectivity index (χ3n) is 3.74. The Kier molecular flexibility index (Phi) is 4.42. The molecule has 104 valence electrons. The van der Waals surface area contributed by atoms with Crippen LogP contribution >= 0.6 is 11.6 Å². The molecule has 1 heterocycles. The molecule has 0 bridgehead atoms. The van der Waals surface area contributed by atoms with Gasteiger partial charge in [-0.3, -0.25) is 4.79 Å². The predicted molar refractivity (Wildman–Crippen MR) is 73.8 cm³/mol. The summed E-state index contributed by atoms with van der Waals surface area (Å²) in [5.41, 5.74) is 0.285. The Hall–Kier alpha value is -1.13. The Morgan fingerprint density at radius 3 is 2.95 bits per heavy atom. The molecule has 0 aromatic heterocycles. The van der Waals surface area contributed by atoms with Gasteiger partial charge in [-0.05, 0) is 26.0 Å². The lowest BCUT2D eigenvalue weighted by Gasteiger charge is -2.38. The number of hydrogen-bond donors (Lipinski definition) is 1. The van der Waals surface area contributed by atoms with E-state index in [1.54, 1.807) is 17.0 Å². The molecule has 1 aliphatic rings. The van der Waals surface area contributed by atoms with Crippen LogP contribution in [0, 0.1) is 5.82 Å². The van der Waals surface area contributed by atoms with Crippen LogP contribution in [-0.2, 0) is 11.2 Å². The molecule has 1 saturated heterocycles. The van der Waals surface area contributed by atoms with E-state index in [0.29, 0.717) is 11.6 Å². The van der Waals surface area contributed by atoms with E-state index in [1.165, 1.54) is 6.07 Å². The van der Waals surface area contributed by atoms with Gasteiger partial charge >= 0.3 is 0 Å². The molecule has 1 aliphatic heterocycles. The van der Waals surface area contributed by atoms with Crippen LogP contribution in [0.3, 0.4) is 0 Å². The van der Waals surface area contributed by atoms with E-state index in [2.05, 4.69) is 5.32 Å². The predicted octanol–water partition coefficient (Wildman–Crippen LogP) is 2.23. The molecule has 0 radical (unpaired) electrons. The molecule has 0 spiro atoms. The fraction of sp³-hybridized carbons (Fsp3) is 0.500. The lowest BCUT2D eigenvalue weighted by molar-refractivity contribution is -0.134. The summed E-state index contributed by atoms with van der Waals surface area (Å²) in [5.74, 6) is -0.496. The number of carbonyl (C=O) groups excluding carboxylic acids is 1. The van der Waals surface area contributed by atoms with E-state index in [1.807, 2.05) is 13.8 Å². The number of benzene rings is 1. The summed E-state index contributed by atoms with van der Waals surface area (Å²) in [6.45, 7) is 5.45. The molecule has 1 aromatic rings. The zero-order chi connectivity index (χ0) is 14.0. The molecule has 0 aliphatic carbocycles. The summed E-state index contributed by atoms with van der Waals surface area (Å²) in [7, 11) is 0. The van der Waals surface area contributed by atoms with E-state index in [0.717, 1.165) is 6.54 Å². The van der Waals surface area contributed by atoms with Crippen molar-refractivity contribution in [2.75, 3.05) is 13.1 Å². The highest BCUT2D eigenvalue weighted by Crippen LogP contribution is 2.21. The van der Waals surface area contributed by atoms with Gasteiger partial charge < -0.3 is 10.2 Å². The highest BCUT2D eigenvalue weighted by atomic mass is 35.5. The Morgan fingerprint density at radius 1 is 1.53 bits per heavy atom. The van der Waals surface area contributed by atoms with E-state index in [9.17, 15) is 9.18 Å². The number of nitrogens with zero attached hydrogens (tertiary/aromatic N) is 1. The smallest absolute Gasteiger partial charge is 0.227 e. The first-order valence-electron chi connectivity index (χ1n) is 6.46. The van der Waals surface area contributed by atoms with Gasteiger partial charge in [-0.25, -0.2) is 4.39 Å². The van der Waals surface area contributed by atoms with Crippen molar-refractivity contribution in [2.45, 2.75) is 32.4 Å². The lowest BCUT2D eigenvalue weighted by Crippen LogP contribution is -2.57. The summed E-state index contributed by atoms with van der Waals surface area (Å²) in [6, 6.07) is 4.83. The fourth-order valence-electron chi connectivity index (χ4n) is 2.36. The average molecular weight is 285 g/mol. The Labute approximate surface area is 117 Å². The first-order chi connectivity index (χ1) is 9.00. The van der Waals surface area contributed by atoms with Crippen molar-refractivity contribution < 1.29 is 9.18 Å². The molecular formula is C14H18ClFN2O. The van der Waals surface area contributed by atoms with Gasteiger partial charge in [-0.1, -0.05) is 17.7 Å². The van der Waals surface area contributed by atoms with Crippen LogP contribution in [-0.4, -0.2) is 36.0 Å². The number of carbonyl (C=O) groups is 1. The molecule has 2 atom stereocenters. The Morgan fingerprint density at radius 2 is 2.26 bits per heavy atom. The van der Waals surface area contributed by atoms with Crippen molar-refractivity contribution in [2.24, 2.45) is 0 Å². The second kappa shape index (κ2) is 5.88. The van der Waals surface area contributed by atoms with Gasteiger partial charge in [0.25, 0.3) is 0 Å². The molecule has 0 saturated carbocycles. The second-order valence-corrected chi connectivity index (χ2v) is 5.35. The van der Waals surface area contributed by atoms with Crippen LogP contribution in [0.1, 0.15) is 19.4 Å². The van der Waals surface area contributed by atoms with Crippen LogP contribution in [0.4, 0.5) is 4.39 Å². The maximum Gasteiger partial charge on any atom is 0.227 e. The number of piperazine rings is 1. The summed E-state index contributed by atoms with van der Waals surface area (Å²) in [6.07, 6.45) is 0.0164. The van der Waals surface area contributed by atoms with Crippen molar-refractivity contribution >= 4 is 17.5 Å². The van der Waals surface area contributed by atoms with Crippen molar-refractivity contribution in [1.29, 1.82) is 0 Å². The Balaban J connectivity index is 2.13. The molecule has 3 nitrogen and oxygen atoms in total. The number of hydrogen-bond acceptors (Lipinski definition) is 2. The highest BCUT2D eigenvalue weighted by molar-refractivity contribution is 6.31. The molecule has 2 rings (SSSR count). The van der Waals surface area contributed by atoms with Crippen LogP contribution in [0.15, 0.2) is 18.2 Å². The maximum absolute atomic E-state index is 13.7. The highest BCUT2D eigenvalue weighted by Gasteiger charge is 2.28. The van der Waals surface area contributed by atoms with E-state index in [4.69, 9.17) is 11.6 Å². The van der Waals surface area contributed by atoms with E-state index in [-0.39, 0.29) is 30.0 Å². The van der Waals surface area contributed by atoms with Crippen molar-refractivity contribution in [3.05, 3.63) is 34.6 Å². The number of nitrogens with one attached hydrogen (secondary N) is 1. The molecule has 1 N–H and O–H groups in total. The van der Waals surface area contributed by atoms with Crippen molar-refractivity contribution in [1.82, 2.24) is 10.2 Å². The van der Waals surface area contributed by atoms with Gasteiger partial charge in [0.05, 0.1) is 6.42 Å². The standard InChI is InChI=1S/C14H18ClFN2O/c1-9-10(2)18(7-6-17-9)14(19)8-11-12(15)4-3-5-13(11)16/h3-5,9-10,17H,6-8H2,1-2H3. The topological polar surface area (TPSA) is 32.3 Å². The van der Waals surface area contributed by atoms with E-state index >= 15 is 0 Å². The van der Waals surface area contributed by atoms with Gasteiger partial charge in [-0.15, -0.1) is 0 Å². The lowest BCUT2D eigenvalue weighted by atomic mass is 10.0. The molecule has 1 fully saturated rings. The maximum atomic E-state index is 13.7. The minimum atomic E-state index is -0.420. The third-order valence-corrected chi connectivity index (χ3v) is 4.10. The largest absolute Gasteiger partial charge is 0.337 e. The van der Waals surface area contributed by atoms with Crippen molar-refractivity contribution in [3.63, 3.8) is 0 Å². The first kappa shape index (κ1) is 14.3. The van der Waals surface area contributed by atoms with Crippen LogP contribution in [0.5, 0.6) is 0 Å².